The number of methoxy groups -OCH3 is 3. The molecule has 11 heteroatoms. The number of anilines is 1. The number of aliphatic hydroxyl groups excluding tert-OH is 1. The van der Waals surface area contributed by atoms with Crippen molar-refractivity contribution in [2.24, 2.45) is 5.41 Å². The lowest BCUT2D eigenvalue weighted by atomic mass is 9.97. The molecule has 1 spiro atoms. The van der Waals surface area contributed by atoms with Crippen LogP contribution in [-0.4, -0.2) is 93.2 Å². The van der Waals surface area contributed by atoms with Gasteiger partial charge in [0.1, 0.15) is 12.0 Å². The van der Waals surface area contributed by atoms with Gasteiger partial charge in [-0.3, -0.25) is 9.59 Å². The van der Waals surface area contributed by atoms with Crippen molar-refractivity contribution in [1.82, 2.24) is 9.80 Å². The van der Waals surface area contributed by atoms with Crippen LogP contribution in [0, 0.1) is 5.41 Å². The summed E-state index contributed by atoms with van der Waals surface area (Å²) in [6.07, 6.45) is 9.22. The molecule has 280 valence electrons. The predicted molar refractivity (Wildman–Crippen MR) is 200 cm³/mol. The standard InChI is InChI=1S/C42H49N3O8/c1-43-33-22-38(36(51-4)21-32(33)40(47)45-25-42(14-15-42)23-34(45)41(43)48)53-17-7-5-6-16-52-37-19-27-8-11-29-18-28(26-9-12-30(49-2)13-10-26)24-44(29)39(46)31(27)20-35(37)50-3/h9-10,12-13,19-22,24,29,34,41,48H,5-8,11,14-18,23,25H2,1-4H3/t29-,34+,41-/m1/s1. The molecule has 0 unspecified atom stereocenters. The first-order valence-corrected chi connectivity index (χ1v) is 18.8. The molecule has 53 heavy (non-hydrogen) atoms. The zero-order valence-electron chi connectivity index (χ0n) is 31.1. The average molecular weight is 724 g/mol. The fourth-order valence-electron chi connectivity index (χ4n) is 8.59. The van der Waals surface area contributed by atoms with E-state index in [-0.39, 0.29) is 29.3 Å². The lowest BCUT2D eigenvalue weighted by Crippen LogP contribution is -2.47. The number of hydrogen-bond donors (Lipinski definition) is 1. The highest BCUT2D eigenvalue weighted by Gasteiger charge is 2.56. The molecule has 3 aromatic rings. The van der Waals surface area contributed by atoms with Crippen LogP contribution in [0.2, 0.25) is 0 Å². The summed E-state index contributed by atoms with van der Waals surface area (Å²) >= 11 is 0. The molecular weight excluding hydrogens is 674 g/mol. The molecule has 11 nitrogen and oxygen atoms in total. The van der Waals surface area contributed by atoms with Gasteiger partial charge in [0.15, 0.2) is 23.0 Å². The van der Waals surface area contributed by atoms with Crippen molar-refractivity contribution in [1.29, 1.82) is 0 Å². The second-order valence-corrected chi connectivity index (χ2v) is 15.2. The molecule has 3 aromatic carbocycles. The molecular formula is C42H49N3O8. The van der Waals surface area contributed by atoms with Gasteiger partial charge in [0.2, 0.25) is 0 Å². The number of aliphatic hydroxyl groups is 1. The monoisotopic (exact) mass is 723 g/mol. The Hall–Kier alpha value is -4.90. The number of carbonyl (C=O) groups excluding carboxylic acids is 2. The number of unbranched alkanes of at least 4 members (excludes halogenated alkanes) is 2. The zero-order valence-corrected chi connectivity index (χ0v) is 31.1. The molecule has 3 atom stereocenters. The molecule has 8 rings (SSSR count). The highest BCUT2D eigenvalue weighted by atomic mass is 16.5. The average Bonchev–Trinajstić information content (AvgIpc) is 3.69. The van der Waals surface area contributed by atoms with Crippen LogP contribution in [0.15, 0.2) is 54.7 Å². The van der Waals surface area contributed by atoms with Gasteiger partial charge in [0.05, 0.1) is 51.8 Å². The Labute approximate surface area is 311 Å². The summed E-state index contributed by atoms with van der Waals surface area (Å²) < 4.78 is 29.1. The quantitative estimate of drug-likeness (QED) is 0.215. The van der Waals surface area contributed by atoms with E-state index >= 15 is 0 Å². The third-order valence-corrected chi connectivity index (χ3v) is 11.9. The molecule has 5 aliphatic rings. The van der Waals surface area contributed by atoms with Crippen molar-refractivity contribution in [2.75, 3.05) is 53.0 Å². The second kappa shape index (κ2) is 14.2. The lowest BCUT2D eigenvalue weighted by molar-refractivity contribution is 0.0526. The molecule has 1 saturated carbocycles. The summed E-state index contributed by atoms with van der Waals surface area (Å²) in [5, 5.41) is 11.3. The van der Waals surface area contributed by atoms with Crippen LogP contribution in [0.5, 0.6) is 28.7 Å². The maximum absolute atomic E-state index is 13.8. The van der Waals surface area contributed by atoms with Crippen LogP contribution in [0.25, 0.3) is 5.57 Å². The van der Waals surface area contributed by atoms with Crippen molar-refractivity contribution in [3.8, 4) is 28.7 Å². The number of hydrogen-bond acceptors (Lipinski definition) is 9. The number of benzene rings is 3. The number of ether oxygens (including phenoxy) is 5. The number of fused-ring (bicyclic) bond motifs is 4. The predicted octanol–water partition coefficient (Wildman–Crippen LogP) is 6.31. The summed E-state index contributed by atoms with van der Waals surface area (Å²) in [7, 11) is 6.68. The Morgan fingerprint density at radius 3 is 2.15 bits per heavy atom. The van der Waals surface area contributed by atoms with E-state index in [1.165, 1.54) is 0 Å². The van der Waals surface area contributed by atoms with E-state index in [0.29, 0.717) is 59.6 Å². The molecule has 0 radical (unpaired) electrons. The lowest BCUT2D eigenvalue weighted by Gasteiger charge is -2.31. The van der Waals surface area contributed by atoms with E-state index in [2.05, 4.69) is 0 Å². The van der Waals surface area contributed by atoms with Crippen molar-refractivity contribution >= 4 is 23.1 Å². The largest absolute Gasteiger partial charge is 0.497 e. The van der Waals surface area contributed by atoms with Gasteiger partial charge < -0.3 is 43.5 Å². The van der Waals surface area contributed by atoms with Crippen molar-refractivity contribution < 1.29 is 38.4 Å². The Morgan fingerprint density at radius 2 is 1.49 bits per heavy atom. The summed E-state index contributed by atoms with van der Waals surface area (Å²) in [4.78, 5) is 33.0. The van der Waals surface area contributed by atoms with Crippen LogP contribution >= 0.6 is 0 Å². The highest BCUT2D eigenvalue weighted by molar-refractivity contribution is 6.02. The Morgan fingerprint density at radius 1 is 0.811 bits per heavy atom. The summed E-state index contributed by atoms with van der Waals surface area (Å²) in [6.45, 7) is 1.66. The summed E-state index contributed by atoms with van der Waals surface area (Å²) in [6, 6.07) is 15.3. The Balaban J connectivity index is 0.857. The van der Waals surface area contributed by atoms with Crippen LogP contribution in [0.4, 0.5) is 5.69 Å². The van der Waals surface area contributed by atoms with Crippen molar-refractivity contribution in [3.63, 3.8) is 0 Å². The maximum atomic E-state index is 13.8. The molecule has 4 heterocycles. The number of carbonyl (C=O) groups is 2. The minimum absolute atomic E-state index is 0.0109. The molecule has 1 N–H and O–H groups in total. The molecule has 1 aliphatic carbocycles. The van der Waals surface area contributed by atoms with E-state index in [1.807, 2.05) is 65.5 Å². The zero-order chi connectivity index (χ0) is 36.9. The van der Waals surface area contributed by atoms with Gasteiger partial charge >= 0.3 is 0 Å². The van der Waals surface area contributed by atoms with E-state index < -0.39 is 6.23 Å². The number of aryl methyl sites for hydroxylation is 1. The highest BCUT2D eigenvalue weighted by Crippen LogP contribution is 2.56. The van der Waals surface area contributed by atoms with Crippen LogP contribution in [-0.2, 0) is 6.42 Å². The van der Waals surface area contributed by atoms with Gasteiger partial charge in [-0.1, -0.05) is 12.1 Å². The third kappa shape index (κ3) is 6.53. The first-order chi connectivity index (χ1) is 25.7. The first kappa shape index (κ1) is 35.1. The van der Waals surface area contributed by atoms with Gasteiger partial charge in [-0.25, -0.2) is 0 Å². The summed E-state index contributed by atoms with van der Waals surface area (Å²) in [5.74, 6) is 2.99. The smallest absolute Gasteiger partial charge is 0.258 e. The second-order valence-electron chi connectivity index (χ2n) is 15.2. The van der Waals surface area contributed by atoms with Crippen molar-refractivity contribution in [3.05, 3.63) is 77.0 Å². The van der Waals surface area contributed by atoms with Gasteiger partial charge in [-0.15, -0.1) is 0 Å². The number of amides is 2. The van der Waals surface area contributed by atoms with Crippen LogP contribution in [0.1, 0.15) is 83.2 Å². The minimum Gasteiger partial charge on any atom is -0.497 e. The minimum atomic E-state index is -0.784. The SMILES string of the molecule is COc1ccc(C2=CN3C(=O)c4cc(OC)c(OCCCCCOc5cc6c(cc5OC)C(=O)N5CC7(CC7)C[C@H]5[C@@H](O)N6C)cc4CC[C@@H]3C2)cc1. The summed E-state index contributed by atoms with van der Waals surface area (Å²) in [5.41, 5.74) is 5.26. The normalized spacial score (nSPS) is 22.3. The Bertz CT molecular complexity index is 1920. The van der Waals surface area contributed by atoms with Gasteiger partial charge in [-0.05, 0) is 110 Å². The molecule has 0 aromatic heterocycles. The number of rotatable bonds is 12. The van der Waals surface area contributed by atoms with E-state index in [0.717, 1.165) is 80.2 Å². The fraction of sp³-hybridized carbons (Fsp3) is 0.476. The van der Waals surface area contributed by atoms with E-state index in [1.54, 1.807) is 32.3 Å². The molecule has 1 saturated heterocycles. The fourth-order valence-corrected chi connectivity index (χ4v) is 8.59. The van der Waals surface area contributed by atoms with Gasteiger partial charge in [0.25, 0.3) is 11.8 Å². The van der Waals surface area contributed by atoms with Crippen molar-refractivity contribution in [2.45, 2.75) is 76.1 Å². The Kier molecular flexibility index (Phi) is 9.39. The molecule has 0 bridgehead atoms. The van der Waals surface area contributed by atoms with E-state index in [9.17, 15) is 14.7 Å². The molecule has 2 amide bonds. The topological polar surface area (TPSA) is 110 Å². The van der Waals surface area contributed by atoms with Gasteiger partial charge in [-0.2, -0.15) is 0 Å². The van der Waals surface area contributed by atoms with E-state index in [4.69, 9.17) is 23.7 Å². The van der Waals surface area contributed by atoms with Crippen LogP contribution < -0.4 is 28.6 Å². The first-order valence-electron chi connectivity index (χ1n) is 18.8. The number of nitrogens with zero attached hydrogens (tertiary/aromatic N) is 3. The van der Waals surface area contributed by atoms with Gasteiger partial charge in [0, 0.05) is 37.5 Å². The number of likely N-dealkylation sites (N-methyl/N-ethyl adjacent to an activating group) is 1. The molecule has 4 aliphatic heterocycles. The molecule has 2 fully saturated rings. The third-order valence-electron chi connectivity index (χ3n) is 11.9. The maximum Gasteiger partial charge on any atom is 0.258 e. The van der Waals surface area contributed by atoms with Crippen LogP contribution in [0.3, 0.4) is 0 Å².